The highest BCUT2D eigenvalue weighted by molar-refractivity contribution is 5.93. The molecule has 1 saturated carbocycles. The van der Waals surface area contributed by atoms with Gasteiger partial charge in [0.25, 0.3) is 0 Å². The van der Waals surface area contributed by atoms with Gasteiger partial charge in [0, 0.05) is 156 Å². The van der Waals surface area contributed by atoms with Gasteiger partial charge in [-0.3, -0.25) is 0 Å². The normalized spacial score (nSPS) is 17.2. The van der Waals surface area contributed by atoms with Crippen molar-refractivity contribution in [1.29, 1.82) is 0 Å². The molecular formula is C94H116N40O7. The van der Waals surface area contributed by atoms with Crippen LogP contribution in [-0.4, -0.2) is 306 Å². The third-order valence-electron chi connectivity index (χ3n) is 26.2. The van der Waals surface area contributed by atoms with Crippen LogP contribution in [0.15, 0.2) is 99.1 Å². The summed E-state index contributed by atoms with van der Waals surface area (Å²) in [7, 11) is 1.68. The monoisotopic (exact) mass is 1920 g/mol. The molecule has 0 radical (unpaired) electrons. The number of ether oxygens (including phenoxy) is 7. The summed E-state index contributed by atoms with van der Waals surface area (Å²) in [5.41, 5.74) is 48.2. The standard InChI is InChI=1S/C22H24N8O.C19H24N8O.C18H24N8O2.C18H24N8O.C17H20N8O2/c1-14-17(12-24-21(23)26-14)18-19-20(28-22(27-18)29-8-10-31-11-9-29)30(13-25-19)15(2)16-6-4-3-5-7-16;1-11-14(9-21-18(20)23-11)15-16-17(27(10-22-16)12(2)13-3-4-13)25-19(24-15)26-5-7-28-8-6-26;1-11(9-27-3)26-10-21-15-14(13-8-20-17(19)22-12(13)2)23-18(24-16(15)26)25-4-6-28-7-5-25;1-4-11(2)26-10-21-15-14(13-9-20-17(19)22-12(13)3)23-18(24-16(15)26)25-5-7-27-8-6-25;18-16-19-7-11(8-20-16)13-14-15(25(10-21-14)12-1-4-27-9-12)23-17(22-13)24-2-5-26-6-3-24/h3-7,12-13,15H,8-11H2,1-2H3,(H2,23,24,26);9-10,12-13H,3-8H2,1-2H3,(H2,20,21,23);8,10-11H,4-7,9H2,1-3H3,(H2,19,20,22);9-11H,4-8H2,1-3H3,(H2,19,20,22);7-8,10,12H,1-6,9H2,(H2,18,19,20). The van der Waals surface area contributed by atoms with E-state index in [1.807, 2.05) is 75.8 Å². The Bertz CT molecular complexity index is 7060. The molecule has 10 N–H and O–H groups in total. The van der Waals surface area contributed by atoms with E-state index in [0.717, 1.165) is 197 Å². The first kappa shape index (κ1) is 95.0. The first-order valence-electron chi connectivity index (χ1n) is 47.6. The average molecular weight is 1920 g/mol. The molecule has 141 heavy (non-hydrogen) atoms. The molecule has 6 aliphatic heterocycles. The summed E-state index contributed by atoms with van der Waals surface area (Å²) in [6.07, 6.45) is 23.8. The lowest BCUT2D eigenvalue weighted by Gasteiger charge is -2.27. The number of anilines is 10. The van der Waals surface area contributed by atoms with Crippen molar-refractivity contribution in [2.24, 2.45) is 5.92 Å². The quantitative estimate of drug-likeness (QED) is 0.0477. The molecule has 0 spiro atoms. The zero-order chi connectivity index (χ0) is 97.5. The second-order valence-electron chi connectivity index (χ2n) is 35.5. The summed E-state index contributed by atoms with van der Waals surface area (Å²) < 4.78 is 48.8. The number of benzene rings is 1. The lowest BCUT2D eigenvalue weighted by Crippen LogP contribution is -2.37. The van der Waals surface area contributed by atoms with Gasteiger partial charge in [-0.25, -0.2) is 99.7 Å². The number of rotatable bonds is 20. The van der Waals surface area contributed by atoms with Crippen molar-refractivity contribution in [3.05, 3.63) is 127 Å². The summed E-state index contributed by atoms with van der Waals surface area (Å²) in [6, 6.07) is 11.4. The zero-order valence-corrected chi connectivity index (χ0v) is 80.7. The molecule has 23 rings (SSSR count). The fourth-order valence-electron chi connectivity index (χ4n) is 17.8. The van der Waals surface area contributed by atoms with Crippen LogP contribution in [0, 0.1) is 33.6 Å². The molecular weight excluding hydrogens is 1800 g/mol. The molecule has 734 valence electrons. The fourth-order valence-corrected chi connectivity index (χ4v) is 17.8. The van der Waals surface area contributed by atoms with Crippen molar-refractivity contribution in [2.45, 2.75) is 118 Å². The second-order valence-corrected chi connectivity index (χ2v) is 35.5. The Hall–Kier alpha value is -14.9. The van der Waals surface area contributed by atoms with Gasteiger partial charge in [-0.15, -0.1) is 0 Å². The van der Waals surface area contributed by atoms with Crippen LogP contribution in [0.2, 0.25) is 0 Å². The molecule has 47 nitrogen and oxygen atoms in total. The average Bonchev–Trinajstić information content (AvgIpc) is 1.52. The SMILES string of the molecule is CCC(C)n1cnc2c(-c3cnc(N)nc3C)nc(N3CCOCC3)nc21.COCC(C)n1cnc2c(-c3cnc(N)nc3C)nc(N3CCOCC3)nc21.Cc1nc(N)ncc1-c1nc(N2CCOCC2)nc2c1ncn2C(C)C1CC1.Cc1nc(N)ncc1-c1nc(N2CCOCC2)nc2c1ncn2C(C)c1ccccc1.Nc1ncc(-c2nc(N3CCOCC3)nc3c2ncn3C2CCOC2)cn1. The number of imidazole rings is 5. The van der Waals surface area contributed by atoms with E-state index >= 15 is 0 Å². The molecule has 1 aromatic carbocycles. The molecule has 0 amide bonds. The van der Waals surface area contributed by atoms with Gasteiger partial charge in [0.1, 0.15) is 56.1 Å². The van der Waals surface area contributed by atoms with E-state index in [4.69, 9.17) is 117 Å². The number of hydrogen-bond donors (Lipinski definition) is 5. The predicted octanol–water partition coefficient (Wildman–Crippen LogP) is 8.46. The lowest BCUT2D eigenvalue weighted by atomic mass is 10.1. The number of nitrogen functional groups attached to an aromatic ring is 5. The number of nitrogens with zero attached hydrogens (tertiary/aromatic N) is 35. The Morgan fingerprint density at radius 3 is 1.02 bits per heavy atom. The smallest absolute Gasteiger partial charge is 0.228 e. The Labute approximate surface area is 811 Å². The summed E-state index contributed by atoms with van der Waals surface area (Å²) >= 11 is 0. The first-order valence-corrected chi connectivity index (χ1v) is 47.6. The van der Waals surface area contributed by atoms with Gasteiger partial charge < -0.3 is 109 Å². The minimum absolute atomic E-state index is 0.0650. The lowest BCUT2D eigenvalue weighted by molar-refractivity contribution is 0.122. The van der Waals surface area contributed by atoms with E-state index in [2.05, 4.69) is 159 Å². The number of hydrogen-bond acceptors (Lipinski definition) is 42. The minimum atomic E-state index is 0.0650. The van der Waals surface area contributed by atoms with Crippen LogP contribution in [0.5, 0.6) is 0 Å². The molecule has 5 atom stereocenters. The number of methoxy groups -OCH3 is 1. The first-order chi connectivity index (χ1) is 68.7. The molecule has 0 bridgehead atoms. The predicted molar refractivity (Wildman–Crippen MR) is 532 cm³/mol. The Morgan fingerprint density at radius 2 is 0.667 bits per heavy atom. The van der Waals surface area contributed by atoms with E-state index in [-0.39, 0.29) is 47.9 Å². The summed E-state index contributed by atoms with van der Waals surface area (Å²) in [4.78, 5) is 125. The minimum Gasteiger partial charge on any atom is -0.383 e. The molecule has 7 aliphatic rings. The highest BCUT2D eigenvalue weighted by atomic mass is 16.5. The van der Waals surface area contributed by atoms with Crippen molar-refractivity contribution >= 4 is 115 Å². The van der Waals surface area contributed by atoms with Crippen LogP contribution in [0.3, 0.4) is 0 Å². The molecule has 21 heterocycles. The van der Waals surface area contributed by atoms with Crippen molar-refractivity contribution in [1.82, 2.24) is 147 Å². The van der Waals surface area contributed by atoms with Crippen molar-refractivity contribution in [2.75, 3.05) is 212 Å². The maximum atomic E-state index is 5.78. The van der Waals surface area contributed by atoms with Gasteiger partial charge in [-0.05, 0) is 92.6 Å². The molecule has 16 aromatic rings. The largest absolute Gasteiger partial charge is 0.383 e. The Morgan fingerprint density at radius 1 is 0.340 bits per heavy atom. The molecule has 7 fully saturated rings. The summed E-state index contributed by atoms with van der Waals surface area (Å²) in [6.45, 7) is 34.5. The molecule has 5 unspecified atom stereocenters. The molecule has 1 aliphatic carbocycles. The van der Waals surface area contributed by atoms with Gasteiger partial charge in [0.2, 0.25) is 59.5 Å². The van der Waals surface area contributed by atoms with Crippen LogP contribution in [0.25, 0.3) is 112 Å². The number of fused-ring (bicyclic) bond motifs is 5. The van der Waals surface area contributed by atoms with Gasteiger partial charge in [0.15, 0.2) is 28.2 Å². The van der Waals surface area contributed by atoms with Crippen LogP contribution in [-0.2, 0) is 33.2 Å². The van der Waals surface area contributed by atoms with E-state index in [0.29, 0.717) is 150 Å². The second kappa shape index (κ2) is 42.4. The maximum absolute atomic E-state index is 5.78. The maximum Gasteiger partial charge on any atom is 0.228 e. The number of nitrogens with two attached hydrogens (primary N) is 5. The Balaban J connectivity index is 0.000000112. The number of morpholine rings is 5. The molecule has 47 heteroatoms. The van der Waals surface area contributed by atoms with Crippen LogP contribution < -0.4 is 53.2 Å². The summed E-state index contributed by atoms with van der Waals surface area (Å²) in [5.74, 6) is 5.26. The van der Waals surface area contributed by atoms with Crippen molar-refractivity contribution in [3.8, 4) is 56.3 Å². The third kappa shape index (κ3) is 20.6. The Kier molecular flexibility index (Phi) is 28.6. The zero-order valence-electron chi connectivity index (χ0n) is 80.7. The van der Waals surface area contributed by atoms with E-state index in [1.54, 1.807) is 50.6 Å². The third-order valence-corrected chi connectivity index (χ3v) is 26.2. The van der Waals surface area contributed by atoms with Gasteiger partial charge >= 0.3 is 0 Å². The molecule has 15 aromatic heterocycles. The van der Waals surface area contributed by atoms with E-state index in [1.165, 1.54) is 18.4 Å². The van der Waals surface area contributed by atoms with E-state index < -0.39 is 0 Å². The highest BCUT2D eigenvalue weighted by Gasteiger charge is 2.35. The van der Waals surface area contributed by atoms with Gasteiger partial charge in [0.05, 0.1) is 152 Å². The topological polar surface area (TPSA) is 558 Å². The molecule has 6 saturated heterocycles. The number of aromatic nitrogens is 30. The van der Waals surface area contributed by atoms with Crippen molar-refractivity contribution in [3.63, 3.8) is 0 Å². The van der Waals surface area contributed by atoms with Crippen molar-refractivity contribution < 1.29 is 33.2 Å². The summed E-state index contributed by atoms with van der Waals surface area (Å²) in [5, 5.41) is 0. The van der Waals surface area contributed by atoms with Crippen LogP contribution in [0.4, 0.5) is 59.5 Å². The fraction of sp³-hybridized carbons (Fsp3) is 0.457. The van der Waals surface area contributed by atoms with Crippen LogP contribution >= 0.6 is 0 Å². The van der Waals surface area contributed by atoms with Gasteiger partial charge in [-0.2, -0.15) is 24.9 Å². The van der Waals surface area contributed by atoms with E-state index in [9.17, 15) is 0 Å². The van der Waals surface area contributed by atoms with Gasteiger partial charge in [-0.1, -0.05) is 37.3 Å². The number of aryl methyl sites for hydroxylation is 4. The highest BCUT2D eigenvalue weighted by Crippen LogP contribution is 2.43. The van der Waals surface area contributed by atoms with Crippen LogP contribution in [0.1, 0.15) is 119 Å².